The molecule has 2 aliphatic heterocycles. The Hall–Kier alpha value is -1.10. The molecule has 3 unspecified atom stereocenters. The average molecular weight is 225 g/mol. The van der Waals surface area contributed by atoms with Gasteiger partial charge in [0.15, 0.2) is 0 Å². The first kappa shape index (κ1) is 11.4. The van der Waals surface area contributed by atoms with E-state index in [1.807, 2.05) is 6.92 Å². The van der Waals surface area contributed by atoms with E-state index in [0.29, 0.717) is 18.6 Å². The first-order valence-corrected chi connectivity index (χ1v) is 6.01. The van der Waals surface area contributed by atoms with E-state index in [2.05, 4.69) is 16.0 Å². The lowest BCUT2D eigenvalue weighted by Gasteiger charge is -2.19. The highest BCUT2D eigenvalue weighted by Gasteiger charge is 2.42. The van der Waals surface area contributed by atoms with Crippen molar-refractivity contribution in [3.63, 3.8) is 0 Å². The second kappa shape index (κ2) is 4.82. The van der Waals surface area contributed by atoms with Crippen molar-refractivity contribution in [2.24, 2.45) is 5.92 Å². The fourth-order valence-electron chi connectivity index (χ4n) is 2.67. The van der Waals surface area contributed by atoms with Crippen LogP contribution < -0.4 is 16.0 Å². The molecule has 2 heterocycles. The second-order valence-corrected chi connectivity index (χ2v) is 4.56. The molecule has 2 saturated heterocycles. The van der Waals surface area contributed by atoms with Gasteiger partial charge in [-0.25, -0.2) is 0 Å². The molecular weight excluding hydrogens is 206 g/mol. The highest BCUT2D eigenvalue weighted by atomic mass is 16.2. The lowest BCUT2D eigenvalue weighted by Crippen LogP contribution is -2.42. The predicted octanol–water partition coefficient (Wildman–Crippen LogP) is -0.621. The van der Waals surface area contributed by atoms with Crippen molar-refractivity contribution in [2.45, 2.75) is 38.3 Å². The Morgan fingerprint density at radius 3 is 2.69 bits per heavy atom. The predicted molar refractivity (Wildman–Crippen MR) is 59.7 cm³/mol. The molecule has 2 fully saturated rings. The number of carbonyl (C=O) groups is 2. The van der Waals surface area contributed by atoms with E-state index in [4.69, 9.17) is 0 Å². The smallest absolute Gasteiger partial charge is 0.239 e. The van der Waals surface area contributed by atoms with Crippen LogP contribution in [-0.4, -0.2) is 37.0 Å². The zero-order valence-corrected chi connectivity index (χ0v) is 9.58. The van der Waals surface area contributed by atoms with E-state index in [0.717, 1.165) is 12.8 Å². The zero-order chi connectivity index (χ0) is 11.5. The minimum absolute atomic E-state index is 0.0194. The lowest BCUT2D eigenvalue weighted by atomic mass is 9.88. The van der Waals surface area contributed by atoms with E-state index in [1.54, 1.807) is 0 Å². The lowest BCUT2D eigenvalue weighted by molar-refractivity contribution is -0.128. The number of rotatable bonds is 4. The molecule has 0 radical (unpaired) electrons. The molecule has 2 bridgehead atoms. The van der Waals surface area contributed by atoms with Gasteiger partial charge in [0.25, 0.3) is 0 Å². The van der Waals surface area contributed by atoms with Gasteiger partial charge in [0.1, 0.15) is 0 Å². The Morgan fingerprint density at radius 2 is 2.12 bits per heavy atom. The van der Waals surface area contributed by atoms with E-state index in [9.17, 15) is 9.59 Å². The molecule has 0 aliphatic carbocycles. The number of amides is 2. The number of fused-ring (bicyclic) bond motifs is 2. The molecule has 0 spiro atoms. The molecule has 0 aromatic heterocycles. The van der Waals surface area contributed by atoms with Crippen LogP contribution in [0, 0.1) is 5.92 Å². The van der Waals surface area contributed by atoms with Crippen molar-refractivity contribution in [1.82, 2.24) is 16.0 Å². The Kier molecular flexibility index (Phi) is 3.43. The summed E-state index contributed by atoms with van der Waals surface area (Å²) in [6.07, 6.45) is 3.20. The molecule has 3 atom stereocenters. The first-order chi connectivity index (χ1) is 7.70. The largest absolute Gasteiger partial charge is 0.355 e. The molecule has 5 nitrogen and oxygen atoms in total. The molecule has 3 N–H and O–H groups in total. The highest BCUT2D eigenvalue weighted by Crippen LogP contribution is 2.33. The molecule has 0 saturated carbocycles. The standard InChI is InChI=1S/C11H19N3O2/c1-2-12-10(15)6-13-11(16)8-5-7-3-4-9(8)14-7/h7-9,14H,2-6H2,1H3,(H,12,15)(H,13,16). The number of nitrogens with one attached hydrogen (secondary N) is 3. The van der Waals surface area contributed by atoms with E-state index in [-0.39, 0.29) is 24.3 Å². The van der Waals surface area contributed by atoms with Gasteiger partial charge in [-0.15, -0.1) is 0 Å². The van der Waals surface area contributed by atoms with Gasteiger partial charge in [0.05, 0.1) is 12.5 Å². The molecule has 2 rings (SSSR count). The zero-order valence-electron chi connectivity index (χ0n) is 9.58. The Balaban J connectivity index is 1.74. The van der Waals surface area contributed by atoms with Gasteiger partial charge in [-0.3, -0.25) is 9.59 Å². The van der Waals surface area contributed by atoms with Crippen molar-refractivity contribution in [2.75, 3.05) is 13.1 Å². The Morgan fingerprint density at radius 1 is 1.31 bits per heavy atom. The molecule has 16 heavy (non-hydrogen) atoms. The van der Waals surface area contributed by atoms with E-state index in [1.165, 1.54) is 6.42 Å². The van der Waals surface area contributed by atoms with E-state index >= 15 is 0 Å². The van der Waals surface area contributed by atoms with Crippen LogP contribution in [0.1, 0.15) is 26.2 Å². The van der Waals surface area contributed by atoms with Crippen molar-refractivity contribution in [3.05, 3.63) is 0 Å². The number of likely N-dealkylation sites (N-methyl/N-ethyl adjacent to an activating group) is 1. The summed E-state index contributed by atoms with van der Waals surface area (Å²) in [5, 5.41) is 8.77. The fourth-order valence-corrected chi connectivity index (χ4v) is 2.67. The van der Waals surface area contributed by atoms with Crippen LogP contribution in [0.15, 0.2) is 0 Å². The maximum atomic E-state index is 11.8. The summed E-state index contributed by atoms with van der Waals surface area (Å²) in [7, 11) is 0. The number of hydrogen-bond acceptors (Lipinski definition) is 3. The third kappa shape index (κ3) is 2.35. The summed E-state index contributed by atoms with van der Waals surface area (Å²) in [6, 6.07) is 0.851. The molecule has 2 amide bonds. The van der Waals surface area contributed by atoms with Crippen LogP contribution in [0.4, 0.5) is 0 Å². The Bertz CT molecular complexity index is 293. The van der Waals surface area contributed by atoms with Crippen molar-refractivity contribution < 1.29 is 9.59 Å². The Labute approximate surface area is 95.3 Å². The summed E-state index contributed by atoms with van der Waals surface area (Å²) in [5.74, 6) is -0.0360. The van der Waals surface area contributed by atoms with Gasteiger partial charge in [0, 0.05) is 18.6 Å². The average Bonchev–Trinajstić information content (AvgIpc) is 2.88. The minimum atomic E-state index is -0.119. The van der Waals surface area contributed by atoms with Gasteiger partial charge < -0.3 is 16.0 Å². The SMILES string of the molecule is CCNC(=O)CNC(=O)C1CC2CCC1N2. The maximum Gasteiger partial charge on any atom is 0.239 e. The van der Waals surface area contributed by atoms with Crippen LogP contribution in [0.5, 0.6) is 0 Å². The van der Waals surface area contributed by atoms with Gasteiger partial charge in [-0.05, 0) is 26.2 Å². The monoisotopic (exact) mass is 225 g/mol. The summed E-state index contributed by atoms with van der Waals surface area (Å²) in [4.78, 5) is 23.0. The molecule has 5 heteroatoms. The van der Waals surface area contributed by atoms with Crippen LogP contribution in [-0.2, 0) is 9.59 Å². The molecule has 0 aromatic carbocycles. The highest BCUT2D eigenvalue weighted by molar-refractivity contribution is 5.86. The molecule has 2 aliphatic rings. The summed E-state index contributed by atoms with van der Waals surface area (Å²) >= 11 is 0. The molecule has 0 aromatic rings. The van der Waals surface area contributed by atoms with E-state index < -0.39 is 0 Å². The third-order valence-corrected chi connectivity index (χ3v) is 3.43. The number of carbonyl (C=O) groups excluding carboxylic acids is 2. The summed E-state index contributed by atoms with van der Waals surface area (Å²) < 4.78 is 0. The van der Waals surface area contributed by atoms with Gasteiger partial charge in [-0.1, -0.05) is 0 Å². The van der Waals surface area contributed by atoms with Crippen molar-refractivity contribution in [3.8, 4) is 0 Å². The minimum Gasteiger partial charge on any atom is -0.355 e. The van der Waals surface area contributed by atoms with Gasteiger partial charge in [0.2, 0.25) is 11.8 Å². The maximum absolute atomic E-state index is 11.8. The summed E-state index contributed by atoms with van der Waals surface area (Å²) in [5.41, 5.74) is 0. The van der Waals surface area contributed by atoms with Crippen LogP contribution >= 0.6 is 0 Å². The summed E-state index contributed by atoms with van der Waals surface area (Å²) in [6.45, 7) is 2.56. The number of hydrogen-bond donors (Lipinski definition) is 3. The fraction of sp³-hybridized carbons (Fsp3) is 0.818. The normalized spacial score (nSPS) is 31.4. The molecular formula is C11H19N3O2. The van der Waals surface area contributed by atoms with Crippen LogP contribution in [0.3, 0.4) is 0 Å². The van der Waals surface area contributed by atoms with Gasteiger partial charge in [-0.2, -0.15) is 0 Å². The quantitative estimate of drug-likeness (QED) is 0.597. The molecule has 90 valence electrons. The second-order valence-electron chi connectivity index (χ2n) is 4.56. The topological polar surface area (TPSA) is 70.2 Å². The van der Waals surface area contributed by atoms with Gasteiger partial charge >= 0.3 is 0 Å². The van der Waals surface area contributed by atoms with Crippen molar-refractivity contribution >= 4 is 11.8 Å². The first-order valence-electron chi connectivity index (χ1n) is 6.01. The third-order valence-electron chi connectivity index (χ3n) is 3.43. The van der Waals surface area contributed by atoms with Crippen molar-refractivity contribution in [1.29, 1.82) is 0 Å². The van der Waals surface area contributed by atoms with Crippen LogP contribution in [0.2, 0.25) is 0 Å². The van der Waals surface area contributed by atoms with Crippen LogP contribution in [0.25, 0.3) is 0 Å².